The van der Waals surface area contributed by atoms with Gasteiger partial charge in [0.15, 0.2) is 0 Å². The molecule has 1 heterocycles. The standard InChI is InChI=1S/C22H26N4O/c1-15-9-8-10-16(2)21(15)24-22(27)23-13-20-17(3)25-26(18(20)4)14-19-11-6-5-7-12-19/h5-12H,13-14H2,1-4H3,(H2,23,24,27). The van der Waals surface area contributed by atoms with Gasteiger partial charge in [0.25, 0.3) is 0 Å². The Morgan fingerprint density at radius 2 is 1.63 bits per heavy atom. The SMILES string of the molecule is Cc1cccc(C)c1NC(=O)NCc1c(C)nn(Cc2ccccc2)c1C. The van der Waals surface area contributed by atoms with Crippen LogP contribution in [0.5, 0.6) is 0 Å². The van der Waals surface area contributed by atoms with E-state index in [1.165, 1.54) is 5.56 Å². The molecule has 0 unspecified atom stereocenters. The van der Waals surface area contributed by atoms with Crippen LogP contribution in [-0.2, 0) is 13.1 Å². The Morgan fingerprint density at radius 3 is 2.30 bits per heavy atom. The van der Waals surface area contributed by atoms with Crippen molar-refractivity contribution >= 4 is 11.7 Å². The maximum atomic E-state index is 12.4. The van der Waals surface area contributed by atoms with Gasteiger partial charge >= 0.3 is 6.03 Å². The van der Waals surface area contributed by atoms with Crippen molar-refractivity contribution in [3.05, 3.63) is 82.2 Å². The summed E-state index contributed by atoms with van der Waals surface area (Å²) >= 11 is 0. The van der Waals surface area contributed by atoms with E-state index in [-0.39, 0.29) is 6.03 Å². The highest BCUT2D eigenvalue weighted by molar-refractivity contribution is 5.90. The number of hydrogen-bond acceptors (Lipinski definition) is 2. The lowest BCUT2D eigenvalue weighted by atomic mass is 10.1. The van der Waals surface area contributed by atoms with E-state index in [1.54, 1.807) is 0 Å². The molecule has 0 bridgehead atoms. The average molecular weight is 362 g/mol. The first kappa shape index (κ1) is 18.7. The molecule has 0 spiro atoms. The molecule has 0 saturated heterocycles. The predicted molar refractivity (Wildman–Crippen MR) is 109 cm³/mol. The van der Waals surface area contributed by atoms with Crippen molar-refractivity contribution < 1.29 is 4.79 Å². The lowest BCUT2D eigenvalue weighted by Crippen LogP contribution is -2.29. The Morgan fingerprint density at radius 1 is 0.963 bits per heavy atom. The van der Waals surface area contributed by atoms with Crippen molar-refractivity contribution in [1.82, 2.24) is 15.1 Å². The van der Waals surface area contributed by atoms with Crippen LogP contribution in [0.4, 0.5) is 10.5 Å². The van der Waals surface area contributed by atoms with Gasteiger partial charge in [-0.05, 0) is 44.4 Å². The Bertz CT molecular complexity index is 924. The van der Waals surface area contributed by atoms with Crippen molar-refractivity contribution in [2.75, 3.05) is 5.32 Å². The number of carbonyl (C=O) groups is 1. The van der Waals surface area contributed by atoms with Crippen molar-refractivity contribution in [2.45, 2.75) is 40.8 Å². The van der Waals surface area contributed by atoms with Gasteiger partial charge in [-0.3, -0.25) is 4.68 Å². The van der Waals surface area contributed by atoms with Crippen LogP contribution in [-0.4, -0.2) is 15.8 Å². The highest BCUT2D eigenvalue weighted by Gasteiger charge is 2.13. The molecule has 2 N–H and O–H groups in total. The molecular formula is C22H26N4O. The van der Waals surface area contributed by atoms with E-state index in [2.05, 4.69) is 27.9 Å². The molecule has 0 aliphatic rings. The molecule has 0 radical (unpaired) electrons. The molecule has 0 atom stereocenters. The number of nitrogens with one attached hydrogen (secondary N) is 2. The molecule has 5 heteroatoms. The number of para-hydroxylation sites is 1. The minimum atomic E-state index is -0.206. The van der Waals surface area contributed by atoms with Crippen molar-refractivity contribution in [3.8, 4) is 0 Å². The van der Waals surface area contributed by atoms with E-state index < -0.39 is 0 Å². The smallest absolute Gasteiger partial charge is 0.319 e. The monoisotopic (exact) mass is 362 g/mol. The third kappa shape index (κ3) is 4.37. The van der Waals surface area contributed by atoms with Gasteiger partial charge < -0.3 is 10.6 Å². The van der Waals surface area contributed by atoms with Gasteiger partial charge in [-0.2, -0.15) is 5.10 Å². The second-order valence-corrected chi connectivity index (χ2v) is 6.87. The number of rotatable bonds is 5. The Hall–Kier alpha value is -3.08. The number of anilines is 1. The average Bonchev–Trinajstić information content (AvgIpc) is 2.91. The number of nitrogens with zero attached hydrogens (tertiary/aromatic N) is 2. The molecule has 2 aromatic carbocycles. The lowest BCUT2D eigenvalue weighted by Gasteiger charge is -2.12. The van der Waals surface area contributed by atoms with Gasteiger partial charge in [0, 0.05) is 23.5 Å². The molecule has 0 aliphatic heterocycles. The molecule has 3 aromatic rings. The highest BCUT2D eigenvalue weighted by atomic mass is 16.2. The van der Waals surface area contributed by atoms with Gasteiger partial charge in [-0.15, -0.1) is 0 Å². The fraction of sp³-hybridized carbons (Fsp3) is 0.273. The van der Waals surface area contributed by atoms with Gasteiger partial charge in [0.2, 0.25) is 0 Å². The first-order chi connectivity index (χ1) is 13.0. The maximum absolute atomic E-state index is 12.4. The summed E-state index contributed by atoms with van der Waals surface area (Å²) in [6, 6.07) is 16.0. The molecule has 0 fully saturated rings. The molecule has 27 heavy (non-hydrogen) atoms. The highest BCUT2D eigenvalue weighted by Crippen LogP contribution is 2.19. The fourth-order valence-electron chi connectivity index (χ4n) is 3.24. The molecular weight excluding hydrogens is 336 g/mol. The largest absolute Gasteiger partial charge is 0.334 e. The van der Waals surface area contributed by atoms with Gasteiger partial charge in [0.1, 0.15) is 0 Å². The molecule has 5 nitrogen and oxygen atoms in total. The number of urea groups is 1. The molecule has 0 saturated carbocycles. The third-order valence-corrected chi connectivity index (χ3v) is 4.85. The Kier molecular flexibility index (Phi) is 5.60. The van der Waals surface area contributed by atoms with Crippen molar-refractivity contribution in [3.63, 3.8) is 0 Å². The summed E-state index contributed by atoms with van der Waals surface area (Å²) in [5, 5.41) is 10.6. The summed E-state index contributed by atoms with van der Waals surface area (Å²) in [5.74, 6) is 0. The predicted octanol–water partition coefficient (Wildman–Crippen LogP) is 4.49. The van der Waals surface area contributed by atoms with E-state index in [9.17, 15) is 4.79 Å². The number of aryl methyl sites for hydroxylation is 3. The summed E-state index contributed by atoms with van der Waals surface area (Å²) in [6.07, 6.45) is 0. The van der Waals surface area contributed by atoms with E-state index in [0.29, 0.717) is 6.54 Å². The van der Waals surface area contributed by atoms with E-state index in [4.69, 9.17) is 0 Å². The molecule has 1 aromatic heterocycles. The normalized spacial score (nSPS) is 10.7. The summed E-state index contributed by atoms with van der Waals surface area (Å²) in [6.45, 7) is 9.18. The summed E-state index contributed by atoms with van der Waals surface area (Å²) in [5.41, 5.74) is 7.24. The number of benzene rings is 2. The molecule has 3 rings (SSSR count). The minimum absolute atomic E-state index is 0.206. The van der Waals surface area contributed by atoms with Crippen LogP contribution < -0.4 is 10.6 Å². The Labute approximate surface area is 160 Å². The van der Waals surface area contributed by atoms with Crippen LogP contribution in [0.3, 0.4) is 0 Å². The molecule has 2 amide bonds. The first-order valence-corrected chi connectivity index (χ1v) is 9.13. The van der Waals surface area contributed by atoms with Crippen LogP contribution in [0, 0.1) is 27.7 Å². The number of carbonyl (C=O) groups excluding carboxylic acids is 1. The van der Waals surface area contributed by atoms with E-state index in [0.717, 1.165) is 40.3 Å². The number of hydrogen-bond donors (Lipinski definition) is 2. The quantitative estimate of drug-likeness (QED) is 0.703. The van der Waals surface area contributed by atoms with E-state index in [1.807, 2.05) is 68.8 Å². The van der Waals surface area contributed by atoms with Crippen molar-refractivity contribution in [1.29, 1.82) is 0 Å². The molecule has 0 aliphatic carbocycles. The van der Waals surface area contributed by atoms with Crippen LogP contribution in [0.15, 0.2) is 48.5 Å². The maximum Gasteiger partial charge on any atom is 0.319 e. The van der Waals surface area contributed by atoms with E-state index >= 15 is 0 Å². The molecule has 140 valence electrons. The van der Waals surface area contributed by atoms with Crippen LogP contribution in [0.1, 0.15) is 33.6 Å². The topological polar surface area (TPSA) is 59.0 Å². The summed E-state index contributed by atoms with van der Waals surface area (Å²) in [7, 11) is 0. The second-order valence-electron chi connectivity index (χ2n) is 6.87. The summed E-state index contributed by atoms with van der Waals surface area (Å²) < 4.78 is 1.99. The zero-order chi connectivity index (χ0) is 19.4. The third-order valence-electron chi connectivity index (χ3n) is 4.85. The lowest BCUT2D eigenvalue weighted by molar-refractivity contribution is 0.251. The zero-order valence-corrected chi connectivity index (χ0v) is 16.3. The number of aromatic nitrogens is 2. The van der Waals surface area contributed by atoms with Gasteiger partial charge in [0.05, 0.1) is 12.2 Å². The Balaban J connectivity index is 1.66. The van der Waals surface area contributed by atoms with Crippen LogP contribution >= 0.6 is 0 Å². The summed E-state index contributed by atoms with van der Waals surface area (Å²) in [4.78, 5) is 12.4. The number of amides is 2. The van der Waals surface area contributed by atoms with Gasteiger partial charge in [-0.25, -0.2) is 4.79 Å². The fourth-order valence-corrected chi connectivity index (χ4v) is 3.24. The van der Waals surface area contributed by atoms with Gasteiger partial charge in [-0.1, -0.05) is 48.5 Å². The minimum Gasteiger partial charge on any atom is -0.334 e. The zero-order valence-electron chi connectivity index (χ0n) is 16.3. The second kappa shape index (κ2) is 8.08. The van der Waals surface area contributed by atoms with Crippen LogP contribution in [0.25, 0.3) is 0 Å². The van der Waals surface area contributed by atoms with Crippen molar-refractivity contribution in [2.24, 2.45) is 0 Å². The first-order valence-electron chi connectivity index (χ1n) is 9.13. The van der Waals surface area contributed by atoms with Crippen LogP contribution in [0.2, 0.25) is 0 Å².